The average Bonchev–Trinajstić information content (AvgIpc) is 3.46. The molecule has 1 saturated carbocycles. The molecular weight excluding hydrogens is 358 g/mol. The monoisotopic (exact) mass is 381 g/mol. The van der Waals surface area contributed by atoms with Crippen LogP contribution in [0.5, 0.6) is 5.75 Å². The standard InChI is InChI=1S/C21H23N3O2S/c1-2-11-24-20(16-7-8-16)22-23-21(24)27-14-18(25)13-26-19-10-9-15-5-3-4-6-17(15)12-19/h2-6,9-10,12,16,18,25H,1,7-8,11,13-14H2. The van der Waals surface area contributed by atoms with E-state index in [1.54, 1.807) is 0 Å². The summed E-state index contributed by atoms with van der Waals surface area (Å²) >= 11 is 1.51. The highest BCUT2D eigenvalue weighted by molar-refractivity contribution is 7.99. The SMILES string of the molecule is C=CCn1c(SCC(O)COc2ccc3ccccc3c2)nnc1C1CC1. The van der Waals surface area contributed by atoms with Crippen LogP contribution in [-0.2, 0) is 6.54 Å². The Balaban J connectivity index is 1.33. The van der Waals surface area contributed by atoms with Crippen molar-refractivity contribution in [3.05, 3.63) is 60.9 Å². The molecule has 6 heteroatoms. The number of rotatable bonds is 9. The molecule has 3 aromatic rings. The summed E-state index contributed by atoms with van der Waals surface area (Å²) in [6, 6.07) is 14.1. The molecular formula is C21H23N3O2S. The van der Waals surface area contributed by atoms with Gasteiger partial charge in [0.25, 0.3) is 0 Å². The summed E-state index contributed by atoms with van der Waals surface area (Å²) in [6.07, 6.45) is 3.64. The molecule has 4 rings (SSSR count). The molecule has 27 heavy (non-hydrogen) atoms. The molecule has 1 heterocycles. The molecule has 0 spiro atoms. The molecule has 5 nitrogen and oxygen atoms in total. The summed E-state index contributed by atoms with van der Waals surface area (Å²) in [4.78, 5) is 0. The van der Waals surface area contributed by atoms with Crippen LogP contribution in [0.3, 0.4) is 0 Å². The van der Waals surface area contributed by atoms with E-state index < -0.39 is 6.10 Å². The molecule has 1 aliphatic carbocycles. The van der Waals surface area contributed by atoms with Crippen molar-refractivity contribution in [1.29, 1.82) is 0 Å². The van der Waals surface area contributed by atoms with Gasteiger partial charge in [0.1, 0.15) is 18.2 Å². The molecule has 1 N–H and O–H groups in total. The second-order valence-electron chi connectivity index (χ2n) is 6.80. The van der Waals surface area contributed by atoms with Crippen LogP contribution in [0.2, 0.25) is 0 Å². The molecule has 1 atom stereocenters. The number of benzene rings is 2. The summed E-state index contributed by atoms with van der Waals surface area (Å²) in [6.45, 7) is 4.77. The zero-order valence-corrected chi connectivity index (χ0v) is 15.9. The van der Waals surface area contributed by atoms with E-state index >= 15 is 0 Å². The molecule has 140 valence electrons. The molecule has 1 fully saturated rings. The number of thioether (sulfide) groups is 1. The molecule has 0 bridgehead atoms. The normalized spacial score (nSPS) is 15.0. The highest BCUT2D eigenvalue weighted by Gasteiger charge is 2.30. The van der Waals surface area contributed by atoms with E-state index in [4.69, 9.17) is 4.74 Å². The lowest BCUT2D eigenvalue weighted by atomic mass is 10.1. The van der Waals surface area contributed by atoms with Gasteiger partial charge in [-0.3, -0.25) is 0 Å². The minimum atomic E-state index is -0.584. The van der Waals surface area contributed by atoms with E-state index in [1.807, 2.05) is 36.4 Å². The molecule has 1 aliphatic rings. The number of hydrogen-bond acceptors (Lipinski definition) is 5. The lowest BCUT2D eigenvalue weighted by Crippen LogP contribution is -2.20. The number of allylic oxidation sites excluding steroid dienone is 1. The maximum absolute atomic E-state index is 10.3. The quantitative estimate of drug-likeness (QED) is 0.448. The number of aromatic nitrogens is 3. The van der Waals surface area contributed by atoms with Crippen molar-refractivity contribution in [2.24, 2.45) is 0 Å². The predicted molar refractivity (Wildman–Crippen MR) is 108 cm³/mol. The van der Waals surface area contributed by atoms with Gasteiger partial charge in [0, 0.05) is 18.2 Å². The first-order chi connectivity index (χ1) is 13.2. The van der Waals surface area contributed by atoms with Crippen molar-refractivity contribution < 1.29 is 9.84 Å². The Morgan fingerprint density at radius 1 is 1.22 bits per heavy atom. The van der Waals surface area contributed by atoms with Crippen LogP contribution in [0, 0.1) is 0 Å². The van der Waals surface area contributed by atoms with Crippen molar-refractivity contribution in [1.82, 2.24) is 14.8 Å². The molecule has 1 unspecified atom stereocenters. The third-order valence-corrected chi connectivity index (χ3v) is 5.68. The van der Waals surface area contributed by atoms with Crippen LogP contribution < -0.4 is 4.74 Å². The zero-order valence-electron chi connectivity index (χ0n) is 15.1. The fraction of sp³-hybridized carbons (Fsp3) is 0.333. The van der Waals surface area contributed by atoms with Crippen LogP contribution >= 0.6 is 11.8 Å². The third kappa shape index (κ3) is 4.34. The first kappa shape index (κ1) is 18.1. The molecule has 0 aliphatic heterocycles. The Bertz CT molecular complexity index is 936. The van der Waals surface area contributed by atoms with E-state index in [2.05, 4.69) is 33.5 Å². The minimum absolute atomic E-state index is 0.246. The second kappa shape index (κ2) is 8.15. The van der Waals surface area contributed by atoms with Crippen molar-refractivity contribution in [3.8, 4) is 5.75 Å². The number of fused-ring (bicyclic) bond motifs is 1. The fourth-order valence-electron chi connectivity index (χ4n) is 3.02. The molecule has 0 amide bonds. The first-order valence-corrected chi connectivity index (χ1v) is 10.2. The van der Waals surface area contributed by atoms with E-state index in [1.165, 1.54) is 30.0 Å². The van der Waals surface area contributed by atoms with Gasteiger partial charge in [0.2, 0.25) is 0 Å². The lowest BCUT2D eigenvalue weighted by molar-refractivity contribution is 0.126. The summed E-state index contributed by atoms with van der Waals surface area (Å²) in [5, 5.41) is 22.1. The van der Waals surface area contributed by atoms with Gasteiger partial charge >= 0.3 is 0 Å². The van der Waals surface area contributed by atoms with E-state index in [9.17, 15) is 5.11 Å². The van der Waals surface area contributed by atoms with Crippen molar-refractivity contribution in [2.45, 2.75) is 36.6 Å². The fourth-order valence-corrected chi connectivity index (χ4v) is 3.88. The smallest absolute Gasteiger partial charge is 0.191 e. The summed E-state index contributed by atoms with van der Waals surface area (Å²) in [7, 11) is 0. The molecule has 2 aromatic carbocycles. The number of ether oxygens (including phenoxy) is 1. The minimum Gasteiger partial charge on any atom is -0.491 e. The lowest BCUT2D eigenvalue weighted by Gasteiger charge is -2.13. The first-order valence-electron chi connectivity index (χ1n) is 9.21. The van der Waals surface area contributed by atoms with E-state index in [0.29, 0.717) is 18.2 Å². The second-order valence-corrected chi connectivity index (χ2v) is 7.79. The van der Waals surface area contributed by atoms with Crippen molar-refractivity contribution in [2.75, 3.05) is 12.4 Å². The van der Waals surface area contributed by atoms with Crippen LogP contribution in [-0.4, -0.2) is 38.3 Å². The molecule has 1 aromatic heterocycles. The number of nitrogens with zero attached hydrogens (tertiary/aromatic N) is 3. The third-order valence-electron chi connectivity index (χ3n) is 4.57. The Morgan fingerprint density at radius 2 is 2.04 bits per heavy atom. The topological polar surface area (TPSA) is 60.2 Å². The van der Waals surface area contributed by atoms with E-state index in [0.717, 1.165) is 22.1 Å². The summed E-state index contributed by atoms with van der Waals surface area (Å²) in [5.74, 6) is 2.85. The Labute approximate surface area is 163 Å². The van der Waals surface area contributed by atoms with Gasteiger partial charge in [0.15, 0.2) is 5.16 Å². The molecule has 0 saturated heterocycles. The van der Waals surface area contributed by atoms with Gasteiger partial charge in [0.05, 0.1) is 6.10 Å². The van der Waals surface area contributed by atoms with Crippen LogP contribution in [0.15, 0.2) is 60.3 Å². The van der Waals surface area contributed by atoms with Crippen LogP contribution in [0.25, 0.3) is 10.8 Å². The predicted octanol–water partition coefficient (Wildman–Crippen LogP) is 4.03. The summed E-state index contributed by atoms with van der Waals surface area (Å²) < 4.78 is 7.88. The van der Waals surface area contributed by atoms with Gasteiger partial charge in [-0.2, -0.15) is 0 Å². The Kier molecular flexibility index (Phi) is 5.45. The maximum Gasteiger partial charge on any atom is 0.191 e. The number of aliphatic hydroxyl groups is 1. The van der Waals surface area contributed by atoms with Gasteiger partial charge in [-0.15, -0.1) is 16.8 Å². The molecule has 0 radical (unpaired) electrons. The van der Waals surface area contributed by atoms with Gasteiger partial charge < -0.3 is 14.4 Å². The summed E-state index contributed by atoms with van der Waals surface area (Å²) in [5.41, 5.74) is 0. The maximum atomic E-state index is 10.3. The number of aliphatic hydroxyl groups excluding tert-OH is 1. The highest BCUT2D eigenvalue weighted by Crippen LogP contribution is 2.40. The Morgan fingerprint density at radius 3 is 2.81 bits per heavy atom. The van der Waals surface area contributed by atoms with E-state index in [-0.39, 0.29) is 6.61 Å². The largest absolute Gasteiger partial charge is 0.491 e. The van der Waals surface area contributed by atoms with Gasteiger partial charge in [-0.25, -0.2) is 0 Å². The number of hydrogen-bond donors (Lipinski definition) is 1. The van der Waals surface area contributed by atoms with Crippen molar-refractivity contribution in [3.63, 3.8) is 0 Å². The Hall–Kier alpha value is -2.31. The average molecular weight is 382 g/mol. The highest BCUT2D eigenvalue weighted by atomic mass is 32.2. The van der Waals surface area contributed by atoms with Crippen LogP contribution in [0.1, 0.15) is 24.6 Å². The zero-order chi connectivity index (χ0) is 18.6. The van der Waals surface area contributed by atoms with Crippen molar-refractivity contribution >= 4 is 22.5 Å². The van der Waals surface area contributed by atoms with Gasteiger partial charge in [-0.05, 0) is 35.7 Å². The van der Waals surface area contributed by atoms with Crippen LogP contribution in [0.4, 0.5) is 0 Å². The van der Waals surface area contributed by atoms with Gasteiger partial charge in [-0.1, -0.05) is 48.2 Å².